The molecule has 7 heteroatoms. The maximum Gasteiger partial charge on any atom is 0.319 e. The molecule has 7 nitrogen and oxygen atoms in total. The third-order valence-corrected chi connectivity index (χ3v) is 4.84. The molecule has 1 atom stereocenters. The lowest BCUT2D eigenvalue weighted by Crippen LogP contribution is -2.29. The zero-order chi connectivity index (χ0) is 19.2. The molecule has 1 aliphatic heterocycles. The van der Waals surface area contributed by atoms with Crippen LogP contribution in [0.15, 0.2) is 24.3 Å². The lowest BCUT2D eigenvalue weighted by atomic mass is 10.2. The van der Waals surface area contributed by atoms with E-state index in [1.54, 1.807) is 0 Å². The summed E-state index contributed by atoms with van der Waals surface area (Å²) in [5.41, 5.74) is 3.71. The van der Waals surface area contributed by atoms with Crippen LogP contribution in [0.25, 0.3) is 0 Å². The molecule has 2 N–H and O–H groups in total. The monoisotopic (exact) mass is 372 g/mol. The molecule has 0 aliphatic carbocycles. The van der Waals surface area contributed by atoms with Gasteiger partial charge in [-0.2, -0.15) is 5.10 Å². The number of carbonyl (C=O) groups excluding carboxylic acids is 1. The van der Waals surface area contributed by atoms with E-state index in [0.29, 0.717) is 24.6 Å². The molecular formula is C20H28N4O3. The number of aryl methyl sites for hydroxylation is 2. The fraction of sp³-hybridized carbons (Fsp3) is 0.500. The maximum absolute atomic E-state index is 12.4. The second-order valence-corrected chi connectivity index (χ2v) is 6.72. The van der Waals surface area contributed by atoms with Crippen molar-refractivity contribution in [2.24, 2.45) is 0 Å². The number of urea groups is 1. The standard InChI is InChI=1S/C20H28N4O3/c1-4-24-15(3)17(14(2)23-24)12-21-20(25)22-18-9-5-6-10-19(18)27-13-16-8-7-11-26-16/h5-6,9-10,16H,4,7-8,11-13H2,1-3H3,(H2,21,22,25). The van der Waals surface area contributed by atoms with Crippen molar-refractivity contribution in [1.29, 1.82) is 0 Å². The molecular weight excluding hydrogens is 344 g/mol. The van der Waals surface area contributed by atoms with Gasteiger partial charge in [0.05, 0.1) is 17.5 Å². The molecule has 0 bridgehead atoms. The summed E-state index contributed by atoms with van der Waals surface area (Å²) in [6, 6.07) is 7.17. The number of amides is 2. The van der Waals surface area contributed by atoms with Crippen molar-refractivity contribution in [2.75, 3.05) is 18.5 Å². The molecule has 1 aromatic carbocycles. The Bertz CT molecular complexity index is 782. The van der Waals surface area contributed by atoms with E-state index in [2.05, 4.69) is 22.7 Å². The summed E-state index contributed by atoms with van der Waals surface area (Å²) in [6.45, 7) is 8.57. The number of benzene rings is 1. The van der Waals surface area contributed by atoms with E-state index in [1.807, 2.05) is 42.8 Å². The molecule has 0 radical (unpaired) electrons. The minimum atomic E-state index is -0.272. The fourth-order valence-electron chi connectivity index (χ4n) is 3.29. The van der Waals surface area contributed by atoms with Crippen LogP contribution in [0.1, 0.15) is 36.7 Å². The summed E-state index contributed by atoms with van der Waals surface area (Å²) in [6.07, 6.45) is 2.22. The number of ether oxygens (including phenoxy) is 2. The van der Waals surface area contributed by atoms with Gasteiger partial charge in [0.1, 0.15) is 12.4 Å². The Kier molecular flexibility index (Phi) is 6.34. The van der Waals surface area contributed by atoms with E-state index in [-0.39, 0.29) is 12.1 Å². The first-order valence-corrected chi connectivity index (χ1v) is 9.49. The van der Waals surface area contributed by atoms with Gasteiger partial charge in [0.15, 0.2) is 0 Å². The van der Waals surface area contributed by atoms with E-state index in [9.17, 15) is 4.79 Å². The molecule has 3 rings (SSSR count). The van der Waals surface area contributed by atoms with Crippen LogP contribution in [0, 0.1) is 13.8 Å². The van der Waals surface area contributed by atoms with E-state index >= 15 is 0 Å². The highest BCUT2D eigenvalue weighted by molar-refractivity contribution is 5.90. The van der Waals surface area contributed by atoms with E-state index in [1.165, 1.54) is 0 Å². The van der Waals surface area contributed by atoms with Gasteiger partial charge in [-0.1, -0.05) is 12.1 Å². The third-order valence-electron chi connectivity index (χ3n) is 4.84. The number of rotatable bonds is 7. The van der Waals surface area contributed by atoms with Crippen LogP contribution in [0.5, 0.6) is 5.75 Å². The molecule has 1 aromatic heterocycles. The molecule has 27 heavy (non-hydrogen) atoms. The number of para-hydroxylation sites is 2. The van der Waals surface area contributed by atoms with Crippen LogP contribution in [0.3, 0.4) is 0 Å². The van der Waals surface area contributed by atoms with Crippen molar-refractivity contribution >= 4 is 11.7 Å². The zero-order valence-corrected chi connectivity index (χ0v) is 16.2. The number of hydrogen-bond donors (Lipinski definition) is 2. The first-order valence-electron chi connectivity index (χ1n) is 9.49. The molecule has 1 unspecified atom stereocenters. The SMILES string of the molecule is CCn1nc(C)c(CNC(=O)Nc2ccccc2OCC2CCCO2)c1C. The lowest BCUT2D eigenvalue weighted by Gasteiger charge is -2.15. The van der Waals surface area contributed by atoms with Gasteiger partial charge in [0, 0.05) is 31.0 Å². The Morgan fingerprint density at radius 3 is 2.89 bits per heavy atom. The van der Waals surface area contributed by atoms with Crippen molar-refractivity contribution in [2.45, 2.75) is 52.8 Å². The Morgan fingerprint density at radius 2 is 2.19 bits per heavy atom. The lowest BCUT2D eigenvalue weighted by molar-refractivity contribution is 0.0682. The molecule has 0 spiro atoms. The number of hydrogen-bond acceptors (Lipinski definition) is 4. The van der Waals surface area contributed by atoms with Crippen LogP contribution in [-0.4, -0.2) is 35.1 Å². The van der Waals surface area contributed by atoms with Crippen LogP contribution in [0.4, 0.5) is 10.5 Å². The number of anilines is 1. The number of nitrogens with zero attached hydrogens (tertiary/aromatic N) is 2. The van der Waals surface area contributed by atoms with Crippen molar-refractivity contribution in [3.63, 3.8) is 0 Å². The average Bonchev–Trinajstić information content (AvgIpc) is 3.27. The fourth-order valence-corrected chi connectivity index (χ4v) is 3.29. The Morgan fingerprint density at radius 1 is 1.37 bits per heavy atom. The minimum Gasteiger partial charge on any atom is -0.489 e. The van der Waals surface area contributed by atoms with Gasteiger partial charge >= 0.3 is 6.03 Å². The van der Waals surface area contributed by atoms with Gasteiger partial charge in [-0.05, 0) is 45.7 Å². The molecule has 2 heterocycles. The second-order valence-electron chi connectivity index (χ2n) is 6.72. The number of carbonyl (C=O) groups is 1. The van der Waals surface area contributed by atoms with Gasteiger partial charge < -0.3 is 20.1 Å². The zero-order valence-electron chi connectivity index (χ0n) is 16.2. The Balaban J connectivity index is 1.57. The normalized spacial score (nSPS) is 16.3. The number of nitrogens with one attached hydrogen (secondary N) is 2. The predicted octanol–water partition coefficient (Wildman–Crippen LogP) is 3.40. The smallest absolute Gasteiger partial charge is 0.319 e. The minimum absolute atomic E-state index is 0.132. The van der Waals surface area contributed by atoms with Gasteiger partial charge in [-0.3, -0.25) is 4.68 Å². The topological polar surface area (TPSA) is 77.4 Å². The summed E-state index contributed by atoms with van der Waals surface area (Å²) in [5.74, 6) is 0.648. The van der Waals surface area contributed by atoms with Gasteiger partial charge in [-0.15, -0.1) is 0 Å². The van der Waals surface area contributed by atoms with Crippen molar-refractivity contribution < 1.29 is 14.3 Å². The van der Waals surface area contributed by atoms with Crippen LogP contribution in [0.2, 0.25) is 0 Å². The second kappa shape index (κ2) is 8.90. The van der Waals surface area contributed by atoms with Crippen molar-refractivity contribution in [1.82, 2.24) is 15.1 Å². The van der Waals surface area contributed by atoms with Crippen molar-refractivity contribution in [3.8, 4) is 5.75 Å². The summed E-state index contributed by atoms with van der Waals surface area (Å²) < 4.78 is 13.4. The van der Waals surface area contributed by atoms with E-state index in [0.717, 1.165) is 42.9 Å². The Hall–Kier alpha value is -2.54. The van der Waals surface area contributed by atoms with Crippen LogP contribution in [-0.2, 0) is 17.8 Å². The Labute approximate surface area is 160 Å². The van der Waals surface area contributed by atoms with Crippen LogP contribution < -0.4 is 15.4 Å². The number of aromatic nitrogens is 2. The van der Waals surface area contributed by atoms with E-state index < -0.39 is 0 Å². The average molecular weight is 372 g/mol. The summed E-state index contributed by atoms with van der Waals surface area (Å²) >= 11 is 0. The highest BCUT2D eigenvalue weighted by atomic mass is 16.5. The molecule has 146 valence electrons. The molecule has 1 fully saturated rings. The molecule has 0 saturated carbocycles. The highest BCUT2D eigenvalue weighted by Gasteiger charge is 2.17. The molecule has 1 saturated heterocycles. The summed E-state index contributed by atoms with van der Waals surface area (Å²) in [5, 5.41) is 10.3. The van der Waals surface area contributed by atoms with Gasteiger partial charge in [0.2, 0.25) is 0 Å². The van der Waals surface area contributed by atoms with E-state index in [4.69, 9.17) is 9.47 Å². The third kappa shape index (κ3) is 4.80. The molecule has 1 aliphatic rings. The molecule has 2 amide bonds. The first-order chi connectivity index (χ1) is 13.1. The summed E-state index contributed by atoms with van der Waals surface area (Å²) in [7, 11) is 0. The maximum atomic E-state index is 12.4. The predicted molar refractivity (Wildman–Crippen MR) is 104 cm³/mol. The molecule has 2 aromatic rings. The summed E-state index contributed by atoms with van der Waals surface area (Å²) in [4.78, 5) is 12.4. The van der Waals surface area contributed by atoms with Gasteiger partial charge in [-0.25, -0.2) is 4.79 Å². The quantitative estimate of drug-likeness (QED) is 0.781. The highest BCUT2D eigenvalue weighted by Crippen LogP contribution is 2.25. The largest absolute Gasteiger partial charge is 0.489 e. The van der Waals surface area contributed by atoms with Crippen molar-refractivity contribution in [3.05, 3.63) is 41.2 Å². The first kappa shape index (κ1) is 19.2. The van der Waals surface area contributed by atoms with Crippen LogP contribution >= 0.6 is 0 Å². The van der Waals surface area contributed by atoms with Gasteiger partial charge in [0.25, 0.3) is 0 Å².